The van der Waals surface area contributed by atoms with Crippen molar-refractivity contribution >= 4 is 40.5 Å². The van der Waals surface area contributed by atoms with E-state index in [1.54, 1.807) is 6.20 Å². The molecule has 7 unspecified atom stereocenters. The maximum Gasteiger partial charge on any atom is 0.174 e. The van der Waals surface area contributed by atoms with Gasteiger partial charge in [-0.25, -0.2) is 4.98 Å². The van der Waals surface area contributed by atoms with E-state index < -0.39 is 0 Å². The van der Waals surface area contributed by atoms with Gasteiger partial charge in [-0.3, -0.25) is 9.80 Å². The van der Waals surface area contributed by atoms with Gasteiger partial charge in [0, 0.05) is 65.1 Å². The Balaban J connectivity index is 0.000000506. The maximum atomic E-state index is 5.61. The van der Waals surface area contributed by atoms with Crippen molar-refractivity contribution in [3.63, 3.8) is 0 Å². The minimum absolute atomic E-state index is 0.799. The van der Waals surface area contributed by atoms with E-state index >= 15 is 0 Å². The molecule has 2 aliphatic heterocycles. The molecule has 1 aromatic rings. The predicted molar refractivity (Wildman–Crippen MR) is 327 cm³/mol. The maximum absolute atomic E-state index is 5.61. The molecule has 9 heteroatoms. The minimum atomic E-state index is 0.799. The molecule has 0 spiro atoms. The van der Waals surface area contributed by atoms with E-state index in [9.17, 15) is 0 Å². The number of thiocarbonyl (C=S) groups is 2. The third kappa shape index (κ3) is 34.9. The zero-order chi connectivity index (χ0) is 52.9. The van der Waals surface area contributed by atoms with Crippen LogP contribution in [0, 0.1) is 53.3 Å². The molecule has 2 fully saturated rings. The van der Waals surface area contributed by atoms with Crippen LogP contribution in [0.1, 0.15) is 237 Å². The van der Waals surface area contributed by atoms with Gasteiger partial charge in [-0.1, -0.05) is 224 Å². The molecule has 72 heavy (non-hydrogen) atoms. The molecule has 7 atom stereocenters. The standard InChI is InChI=1S/C35H64N4S.C28H57N3S/c1-29(2)13-9-14-30(3)15-10-16-31(4)17-11-18-32(5)19-12-20-33(6)22-24-38-25-27-39(28-26-38)35(40)37-34-21-7-8-23-36-34;1-7-18-29-28(32)31-22-20-30(21-23-31)19-17-27(6)16-10-15-26(5)14-9-13-25(4)12-8-11-24(2)3/h7-8,21,23,29-33H,9-20,22,24-28H2,1-6H3,(H,36,37,40);24-27H,7-23H2,1-6H3,(H,29,32). The SMILES string of the molecule is CC(C)CCCC(C)CCCC(C)CCCC(C)CCCC(C)CCN1CCN(C(=S)Nc2ccccn2)CC1.CCCNC(=S)N1CCN(CCC(C)CCCC(C)CCCC(C)CCCC(C)C)CC1. The van der Waals surface area contributed by atoms with Crippen LogP contribution >= 0.6 is 24.4 Å². The first-order valence-electron chi connectivity index (χ1n) is 31.0. The van der Waals surface area contributed by atoms with Gasteiger partial charge in [-0.05, 0) is 122 Å². The average molecular weight is 1040 g/mol. The van der Waals surface area contributed by atoms with Crippen LogP contribution in [-0.2, 0) is 0 Å². The summed E-state index contributed by atoms with van der Waals surface area (Å²) >= 11 is 11.1. The molecule has 0 bridgehead atoms. The lowest BCUT2D eigenvalue weighted by Crippen LogP contribution is -2.51. The molecule has 0 radical (unpaired) electrons. The van der Waals surface area contributed by atoms with Crippen molar-refractivity contribution in [1.82, 2.24) is 29.9 Å². The third-order valence-electron chi connectivity index (χ3n) is 16.5. The number of rotatable bonds is 37. The van der Waals surface area contributed by atoms with Gasteiger partial charge in [0.25, 0.3) is 0 Å². The van der Waals surface area contributed by atoms with Gasteiger partial charge in [-0.15, -0.1) is 0 Å². The average Bonchev–Trinajstić information content (AvgIpc) is 3.35. The molecule has 2 N–H and O–H groups in total. The fourth-order valence-corrected chi connectivity index (χ4v) is 11.5. The van der Waals surface area contributed by atoms with Crippen molar-refractivity contribution in [2.75, 3.05) is 77.3 Å². The Morgan fingerprint density at radius 2 is 0.764 bits per heavy atom. The zero-order valence-corrected chi connectivity index (χ0v) is 51.4. The van der Waals surface area contributed by atoms with Crippen LogP contribution in [0.4, 0.5) is 5.82 Å². The van der Waals surface area contributed by atoms with E-state index in [-0.39, 0.29) is 0 Å². The van der Waals surface area contributed by atoms with Crippen LogP contribution in [0.2, 0.25) is 0 Å². The Kier molecular flexibility index (Phi) is 38.5. The number of nitrogens with zero attached hydrogens (tertiary/aromatic N) is 5. The van der Waals surface area contributed by atoms with Crippen LogP contribution in [0.5, 0.6) is 0 Å². The lowest BCUT2D eigenvalue weighted by atomic mass is 9.90. The summed E-state index contributed by atoms with van der Waals surface area (Å²) < 4.78 is 0. The van der Waals surface area contributed by atoms with E-state index in [1.165, 1.54) is 161 Å². The smallest absolute Gasteiger partial charge is 0.174 e. The summed E-state index contributed by atoms with van der Waals surface area (Å²) in [6, 6.07) is 5.87. The van der Waals surface area contributed by atoms with E-state index in [0.29, 0.717) is 0 Å². The predicted octanol–water partition coefficient (Wildman–Crippen LogP) is 17.0. The second-order valence-corrected chi connectivity index (χ2v) is 25.9. The first kappa shape index (κ1) is 66.6. The van der Waals surface area contributed by atoms with Crippen LogP contribution in [0.15, 0.2) is 24.4 Å². The van der Waals surface area contributed by atoms with Crippen molar-refractivity contribution in [3.05, 3.63) is 24.4 Å². The van der Waals surface area contributed by atoms with E-state index in [4.69, 9.17) is 24.4 Å². The zero-order valence-electron chi connectivity index (χ0n) is 49.8. The number of nitrogens with one attached hydrogen (secondary N) is 2. The van der Waals surface area contributed by atoms with Crippen molar-refractivity contribution in [3.8, 4) is 0 Å². The van der Waals surface area contributed by atoms with Crippen molar-refractivity contribution in [1.29, 1.82) is 0 Å². The highest BCUT2D eigenvalue weighted by atomic mass is 32.1. The van der Waals surface area contributed by atoms with Gasteiger partial charge in [0.2, 0.25) is 0 Å². The molecule has 2 saturated heterocycles. The van der Waals surface area contributed by atoms with E-state index in [2.05, 4.69) is 118 Å². The van der Waals surface area contributed by atoms with Gasteiger partial charge in [0.05, 0.1) is 0 Å². The second kappa shape index (κ2) is 41.6. The minimum Gasteiger partial charge on any atom is -0.363 e. The first-order valence-corrected chi connectivity index (χ1v) is 31.8. The molecule has 0 saturated carbocycles. The number of hydrogen-bond donors (Lipinski definition) is 2. The van der Waals surface area contributed by atoms with Crippen LogP contribution in [0.25, 0.3) is 0 Å². The monoisotopic (exact) mass is 1040 g/mol. The van der Waals surface area contributed by atoms with Crippen molar-refractivity contribution in [2.45, 2.75) is 237 Å². The highest BCUT2D eigenvalue weighted by Crippen LogP contribution is 2.26. The number of hydrogen-bond acceptors (Lipinski definition) is 5. The number of piperazine rings is 2. The Labute approximate surface area is 460 Å². The summed E-state index contributed by atoms with van der Waals surface area (Å²) in [7, 11) is 0. The van der Waals surface area contributed by atoms with Gasteiger partial charge >= 0.3 is 0 Å². The highest BCUT2D eigenvalue weighted by Gasteiger charge is 2.21. The fourth-order valence-electron chi connectivity index (χ4n) is 11.0. The Bertz CT molecular complexity index is 1430. The Morgan fingerprint density at radius 1 is 0.444 bits per heavy atom. The second-order valence-electron chi connectivity index (χ2n) is 25.2. The number of pyridine rings is 1. The van der Waals surface area contributed by atoms with E-state index in [1.807, 2.05) is 18.2 Å². The molecule has 0 aromatic carbocycles. The van der Waals surface area contributed by atoms with Gasteiger partial charge in [0.15, 0.2) is 10.2 Å². The Morgan fingerprint density at radius 3 is 1.07 bits per heavy atom. The molecule has 0 aliphatic carbocycles. The van der Waals surface area contributed by atoms with Crippen molar-refractivity contribution < 1.29 is 0 Å². The normalized spacial score (nSPS) is 17.8. The molecule has 1 aromatic heterocycles. The van der Waals surface area contributed by atoms with Crippen molar-refractivity contribution in [2.24, 2.45) is 53.3 Å². The molecule has 0 amide bonds. The fraction of sp³-hybridized carbons (Fsp3) is 0.889. The van der Waals surface area contributed by atoms with Crippen LogP contribution in [0.3, 0.4) is 0 Å². The topological polar surface area (TPSA) is 49.9 Å². The molecular weight excluding hydrogens is 919 g/mol. The molecule has 2 aliphatic rings. The molecule has 7 nitrogen and oxygen atoms in total. The molecule has 3 heterocycles. The largest absolute Gasteiger partial charge is 0.363 e. The summed E-state index contributed by atoms with van der Waals surface area (Å²) in [6.45, 7) is 41.0. The summed E-state index contributed by atoms with van der Waals surface area (Å²) in [6.07, 6.45) is 35.4. The molecule has 3 rings (SSSR count). The molecule has 420 valence electrons. The van der Waals surface area contributed by atoms with Gasteiger partial charge < -0.3 is 20.4 Å². The van der Waals surface area contributed by atoms with Crippen LogP contribution in [-0.4, -0.2) is 107 Å². The highest BCUT2D eigenvalue weighted by molar-refractivity contribution is 7.80. The van der Waals surface area contributed by atoms with Crippen LogP contribution < -0.4 is 10.6 Å². The van der Waals surface area contributed by atoms with E-state index in [0.717, 1.165) is 135 Å². The first-order chi connectivity index (χ1) is 34.5. The van der Waals surface area contributed by atoms with Gasteiger partial charge in [0.1, 0.15) is 5.82 Å². The lowest BCUT2D eigenvalue weighted by Gasteiger charge is -2.36. The van der Waals surface area contributed by atoms with Gasteiger partial charge in [-0.2, -0.15) is 0 Å². The third-order valence-corrected chi connectivity index (χ3v) is 17.3. The Hall–Kier alpha value is -1.55. The molecular formula is C63H121N7S2. The summed E-state index contributed by atoms with van der Waals surface area (Å²) in [5.74, 6) is 8.78. The summed E-state index contributed by atoms with van der Waals surface area (Å²) in [5, 5.41) is 8.39. The summed E-state index contributed by atoms with van der Waals surface area (Å²) in [5.41, 5.74) is 0. The number of anilines is 1. The number of aromatic nitrogens is 1. The summed E-state index contributed by atoms with van der Waals surface area (Å²) in [4.78, 5) is 14.2. The quantitative estimate of drug-likeness (QED) is 0.0635. The lowest BCUT2D eigenvalue weighted by molar-refractivity contribution is 0.171.